The summed E-state index contributed by atoms with van der Waals surface area (Å²) in [5.41, 5.74) is 3.05. The van der Waals surface area contributed by atoms with Gasteiger partial charge in [0.2, 0.25) is 5.95 Å². The Hall–Kier alpha value is -3.00. The van der Waals surface area contributed by atoms with Crippen molar-refractivity contribution in [2.24, 2.45) is 0 Å². The number of rotatable bonds is 3. The maximum absolute atomic E-state index is 12.5. The molecule has 1 saturated heterocycles. The van der Waals surface area contributed by atoms with Gasteiger partial charge in [-0.2, -0.15) is 4.98 Å². The van der Waals surface area contributed by atoms with Gasteiger partial charge in [-0.25, -0.2) is 9.97 Å². The molecule has 8 heteroatoms. The van der Waals surface area contributed by atoms with Crippen molar-refractivity contribution in [3.63, 3.8) is 0 Å². The van der Waals surface area contributed by atoms with Gasteiger partial charge in [0.15, 0.2) is 0 Å². The number of Topliss-reactive ketones (excluding diaryl/α,β-unsaturated/α-hetero) is 1. The summed E-state index contributed by atoms with van der Waals surface area (Å²) in [7, 11) is 0. The first kappa shape index (κ1) is 19.7. The molecule has 2 fully saturated rings. The van der Waals surface area contributed by atoms with Crippen LogP contribution in [-0.4, -0.2) is 51.5 Å². The van der Waals surface area contributed by atoms with Gasteiger partial charge in [-0.1, -0.05) is 19.3 Å². The lowest BCUT2D eigenvalue weighted by Crippen LogP contribution is -2.43. The van der Waals surface area contributed by atoms with E-state index in [2.05, 4.69) is 42.2 Å². The molecular formula is C24H29N7O. The molecule has 1 aliphatic carbocycles. The van der Waals surface area contributed by atoms with Gasteiger partial charge < -0.3 is 20.1 Å². The number of carbonyl (C=O) groups is 1. The molecule has 0 amide bonds. The summed E-state index contributed by atoms with van der Waals surface area (Å²) in [6.07, 6.45) is 10.6. The molecule has 0 aromatic carbocycles. The number of fused-ring (bicyclic) bond motifs is 4. The molecule has 1 spiro atoms. The fraction of sp³-hybridized carbons (Fsp3) is 0.500. The Morgan fingerprint density at radius 1 is 1.03 bits per heavy atom. The third kappa shape index (κ3) is 3.43. The average molecular weight is 432 g/mol. The highest BCUT2D eigenvalue weighted by Crippen LogP contribution is 2.44. The van der Waals surface area contributed by atoms with E-state index < -0.39 is 0 Å². The minimum absolute atomic E-state index is 0.112. The first-order valence-corrected chi connectivity index (χ1v) is 11.8. The highest BCUT2D eigenvalue weighted by atomic mass is 16.1. The standard InChI is InChI=1S/C24H29N7O/c32-20-13-19-12-17-15-27-23(29-22(17)31(19)24(14-20)6-2-1-3-7-24)28-21-5-4-18(16-26-21)30-10-8-25-9-11-30/h4-5,12,15-16,25H,1-3,6-11,13-14H2,(H,26,27,28,29). The number of nitrogens with zero attached hydrogens (tertiary/aromatic N) is 5. The van der Waals surface area contributed by atoms with Crippen LogP contribution in [0.25, 0.3) is 11.0 Å². The predicted octanol–water partition coefficient (Wildman–Crippen LogP) is 3.15. The Morgan fingerprint density at radius 2 is 1.88 bits per heavy atom. The van der Waals surface area contributed by atoms with E-state index in [-0.39, 0.29) is 5.54 Å². The topological polar surface area (TPSA) is 88.0 Å². The van der Waals surface area contributed by atoms with Crippen molar-refractivity contribution in [3.05, 3.63) is 36.3 Å². The van der Waals surface area contributed by atoms with E-state index in [4.69, 9.17) is 4.98 Å². The van der Waals surface area contributed by atoms with Crippen LogP contribution in [0, 0.1) is 0 Å². The highest BCUT2D eigenvalue weighted by Gasteiger charge is 2.41. The van der Waals surface area contributed by atoms with Gasteiger partial charge in [-0.15, -0.1) is 0 Å². The number of hydrogen-bond acceptors (Lipinski definition) is 7. The lowest BCUT2D eigenvalue weighted by molar-refractivity contribution is -0.122. The molecule has 0 radical (unpaired) electrons. The average Bonchev–Trinajstić information content (AvgIpc) is 3.19. The second-order valence-corrected chi connectivity index (χ2v) is 9.38. The maximum Gasteiger partial charge on any atom is 0.230 e. The van der Waals surface area contributed by atoms with Crippen molar-refractivity contribution in [1.29, 1.82) is 0 Å². The molecule has 0 atom stereocenters. The quantitative estimate of drug-likeness (QED) is 0.659. The van der Waals surface area contributed by atoms with Gasteiger partial charge in [0, 0.05) is 56.3 Å². The number of anilines is 3. The maximum atomic E-state index is 12.5. The van der Waals surface area contributed by atoms with Gasteiger partial charge >= 0.3 is 0 Å². The first-order valence-electron chi connectivity index (χ1n) is 11.8. The molecule has 2 aliphatic heterocycles. The molecule has 32 heavy (non-hydrogen) atoms. The third-order valence-corrected chi connectivity index (χ3v) is 7.25. The zero-order valence-electron chi connectivity index (χ0n) is 18.3. The molecule has 3 aromatic heterocycles. The molecule has 0 bridgehead atoms. The van der Waals surface area contributed by atoms with Crippen LogP contribution in [0.5, 0.6) is 0 Å². The second kappa shape index (κ2) is 7.85. The van der Waals surface area contributed by atoms with E-state index in [1.54, 1.807) is 0 Å². The van der Waals surface area contributed by atoms with Crippen LogP contribution < -0.4 is 15.5 Å². The minimum Gasteiger partial charge on any atom is -0.368 e. The minimum atomic E-state index is -0.112. The smallest absolute Gasteiger partial charge is 0.230 e. The van der Waals surface area contributed by atoms with Crippen molar-refractivity contribution in [2.75, 3.05) is 36.4 Å². The Labute approximate surface area is 187 Å². The molecule has 1 saturated carbocycles. The Balaban J connectivity index is 1.30. The Morgan fingerprint density at radius 3 is 2.66 bits per heavy atom. The van der Waals surface area contributed by atoms with E-state index in [0.29, 0.717) is 24.6 Å². The Bertz CT molecular complexity index is 1140. The van der Waals surface area contributed by atoms with Gasteiger partial charge in [0.1, 0.15) is 17.2 Å². The summed E-state index contributed by atoms with van der Waals surface area (Å²) < 4.78 is 2.37. The summed E-state index contributed by atoms with van der Waals surface area (Å²) in [4.78, 5) is 28.9. The van der Waals surface area contributed by atoms with E-state index in [0.717, 1.165) is 67.3 Å². The second-order valence-electron chi connectivity index (χ2n) is 9.38. The first-order chi connectivity index (χ1) is 15.7. The molecule has 5 heterocycles. The summed E-state index contributed by atoms with van der Waals surface area (Å²) in [5.74, 6) is 1.63. The van der Waals surface area contributed by atoms with Crippen LogP contribution in [-0.2, 0) is 16.8 Å². The normalized spacial score (nSPS) is 20.5. The summed E-state index contributed by atoms with van der Waals surface area (Å²) in [5, 5.41) is 7.66. The summed E-state index contributed by atoms with van der Waals surface area (Å²) in [6, 6.07) is 6.19. The van der Waals surface area contributed by atoms with Crippen LogP contribution in [0.15, 0.2) is 30.6 Å². The van der Waals surface area contributed by atoms with Crippen molar-refractivity contribution in [3.8, 4) is 0 Å². The monoisotopic (exact) mass is 431 g/mol. The number of ketones is 1. The SMILES string of the molecule is O=C1Cc2cc3cnc(Nc4ccc(N5CCNCC5)cn4)nc3n2C2(CCCCC2)C1. The Kier molecular flexibility index (Phi) is 4.82. The van der Waals surface area contributed by atoms with Crippen molar-refractivity contribution in [1.82, 2.24) is 24.8 Å². The van der Waals surface area contributed by atoms with E-state index in [1.165, 1.54) is 19.3 Å². The van der Waals surface area contributed by atoms with E-state index in [1.807, 2.05) is 18.5 Å². The molecule has 0 unspecified atom stereocenters. The number of pyridine rings is 1. The van der Waals surface area contributed by atoms with E-state index in [9.17, 15) is 4.79 Å². The molecule has 8 nitrogen and oxygen atoms in total. The molecule has 2 N–H and O–H groups in total. The van der Waals surface area contributed by atoms with Crippen LogP contribution in [0.2, 0.25) is 0 Å². The number of hydrogen-bond donors (Lipinski definition) is 2. The number of carbonyl (C=O) groups excluding carboxylic acids is 1. The van der Waals surface area contributed by atoms with Crippen LogP contribution in [0.3, 0.4) is 0 Å². The van der Waals surface area contributed by atoms with Crippen molar-refractivity contribution >= 4 is 34.3 Å². The zero-order valence-corrected chi connectivity index (χ0v) is 18.3. The summed E-state index contributed by atoms with van der Waals surface area (Å²) in [6.45, 7) is 4.00. The number of aromatic nitrogens is 4. The third-order valence-electron chi connectivity index (χ3n) is 7.25. The number of nitrogens with one attached hydrogen (secondary N) is 2. The number of piperazine rings is 1. The molecular weight excluding hydrogens is 402 g/mol. The largest absolute Gasteiger partial charge is 0.368 e. The highest BCUT2D eigenvalue weighted by molar-refractivity contribution is 5.87. The van der Waals surface area contributed by atoms with Crippen LogP contribution in [0.1, 0.15) is 44.2 Å². The van der Waals surface area contributed by atoms with Gasteiger partial charge in [-0.05, 0) is 31.0 Å². The lowest BCUT2D eigenvalue weighted by Gasteiger charge is -2.42. The van der Waals surface area contributed by atoms with Gasteiger partial charge in [0.25, 0.3) is 0 Å². The van der Waals surface area contributed by atoms with Crippen LogP contribution in [0.4, 0.5) is 17.5 Å². The fourth-order valence-electron chi connectivity index (χ4n) is 5.77. The van der Waals surface area contributed by atoms with Crippen LogP contribution >= 0.6 is 0 Å². The molecule has 3 aromatic rings. The summed E-state index contributed by atoms with van der Waals surface area (Å²) >= 11 is 0. The fourth-order valence-corrected chi connectivity index (χ4v) is 5.77. The van der Waals surface area contributed by atoms with Gasteiger partial charge in [-0.3, -0.25) is 4.79 Å². The van der Waals surface area contributed by atoms with Crippen molar-refractivity contribution in [2.45, 2.75) is 50.5 Å². The molecule has 166 valence electrons. The predicted molar refractivity (Wildman–Crippen MR) is 125 cm³/mol. The van der Waals surface area contributed by atoms with Crippen molar-refractivity contribution < 1.29 is 4.79 Å². The molecule has 3 aliphatic rings. The van der Waals surface area contributed by atoms with E-state index >= 15 is 0 Å². The zero-order chi connectivity index (χ0) is 21.5. The van der Waals surface area contributed by atoms with Gasteiger partial charge in [0.05, 0.1) is 17.4 Å². The lowest BCUT2D eigenvalue weighted by atomic mass is 9.75. The molecule has 6 rings (SSSR count).